The number of aryl methyl sites for hydroxylation is 1. The Hall–Kier alpha value is -1.78. The van der Waals surface area contributed by atoms with Gasteiger partial charge in [-0.05, 0) is 43.2 Å². The van der Waals surface area contributed by atoms with Gasteiger partial charge >= 0.3 is 0 Å². The summed E-state index contributed by atoms with van der Waals surface area (Å²) >= 11 is 0. The van der Waals surface area contributed by atoms with Crippen LogP contribution in [0.5, 0.6) is 0 Å². The second-order valence-corrected chi connectivity index (χ2v) is 6.13. The van der Waals surface area contributed by atoms with E-state index in [1.807, 2.05) is 6.92 Å². The number of hydroxylamine groups is 1. The van der Waals surface area contributed by atoms with Crippen LogP contribution in [0.2, 0.25) is 0 Å². The van der Waals surface area contributed by atoms with Crippen molar-refractivity contribution in [3.8, 4) is 0 Å². The quantitative estimate of drug-likeness (QED) is 0.343. The lowest BCUT2D eigenvalue weighted by molar-refractivity contribution is -0.124. The number of hydrogen-bond donors (Lipinski definition) is 1. The maximum atomic E-state index is 12.3. The van der Waals surface area contributed by atoms with E-state index < -0.39 is 0 Å². The predicted molar refractivity (Wildman–Crippen MR) is 94.8 cm³/mol. The summed E-state index contributed by atoms with van der Waals surface area (Å²) in [5.74, 6) is -0.0187. The highest BCUT2D eigenvalue weighted by molar-refractivity contribution is 6.22. The van der Waals surface area contributed by atoms with Gasteiger partial charge in [0.15, 0.2) is 11.6 Å². The van der Waals surface area contributed by atoms with Crippen molar-refractivity contribution in [1.82, 2.24) is 5.48 Å². The van der Waals surface area contributed by atoms with Gasteiger partial charge in [0.05, 0.1) is 12.2 Å². The molecule has 1 aromatic carbocycles. The molecule has 2 rings (SSSR count). The average Bonchev–Trinajstić information content (AvgIpc) is 2.59. The van der Waals surface area contributed by atoms with Crippen LogP contribution in [0.1, 0.15) is 56.6 Å². The highest BCUT2D eigenvalue weighted by Gasteiger charge is 2.30. The monoisotopic (exact) mass is 329 g/mol. The minimum atomic E-state index is -0.0198. The maximum Gasteiger partial charge on any atom is 0.166 e. The number of allylic oxidation sites excluding steroid dienone is 2. The fraction of sp³-hybridized carbons (Fsp3) is 0.500. The molecule has 130 valence electrons. The number of carbonyl (C=O) groups excluding carboxylic acids is 2. The van der Waals surface area contributed by atoms with Gasteiger partial charge in [-0.2, -0.15) is 0 Å². The lowest BCUT2D eigenvalue weighted by atomic mass is 9.79. The van der Waals surface area contributed by atoms with E-state index in [0.717, 1.165) is 18.4 Å². The van der Waals surface area contributed by atoms with Crippen LogP contribution < -0.4 is 5.48 Å². The molecule has 4 heteroatoms. The molecule has 0 aromatic heterocycles. The minimum Gasteiger partial charge on any atom is -0.302 e. The molecule has 0 amide bonds. The molecule has 0 unspecified atom stereocenters. The Balaban J connectivity index is 1.91. The number of Topliss-reactive ketones (excluding diaryl/α,β-unsaturated/α-hetero) is 2. The lowest BCUT2D eigenvalue weighted by Gasteiger charge is -2.22. The Morgan fingerprint density at radius 3 is 2.38 bits per heavy atom. The van der Waals surface area contributed by atoms with Gasteiger partial charge in [-0.3, -0.25) is 9.59 Å². The van der Waals surface area contributed by atoms with E-state index in [2.05, 4.69) is 36.7 Å². The molecule has 1 aliphatic carbocycles. The van der Waals surface area contributed by atoms with E-state index in [0.29, 0.717) is 38.0 Å². The van der Waals surface area contributed by atoms with Crippen molar-refractivity contribution in [2.24, 2.45) is 0 Å². The highest BCUT2D eigenvalue weighted by atomic mass is 16.6. The third-order valence-corrected chi connectivity index (χ3v) is 4.40. The first-order valence-corrected chi connectivity index (χ1v) is 8.85. The molecule has 0 saturated heterocycles. The zero-order chi connectivity index (χ0) is 17.4. The smallest absolute Gasteiger partial charge is 0.166 e. The Kier molecular flexibility index (Phi) is 7.35. The number of carbonyl (C=O) groups is 2. The first kappa shape index (κ1) is 18.6. The maximum absolute atomic E-state index is 12.3. The van der Waals surface area contributed by atoms with Crippen molar-refractivity contribution in [2.45, 2.75) is 51.9 Å². The number of ketones is 2. The normalized spacial score (nSPS) is 18.1. The number of unbranched alkanes of at least 4 members (excludes halogenated alkanes) is 1. The molecule has 0 heterocycles. The summed E-state index contributed by atoms with van der Waals surface area (Å²) in [4.78, 5) is 29.7. The van der Waals surface area contributed by atoms with E-state index in [1.165, 1.54) is 5.56 Å². The van der Waals surface area contributed by atoms with Crippen LogP contribution >= 0.6 is 0 Å². The summed E-state index contributed by atoms with van der Waals surface area (Å²) in [6.45, 7) is 5.37. The summed E-state index contributed by atoms with van der Waals surface area (Å²) < 4.78 is 0. The summed E-state index contributed by atoms with van der Waals surface area (Å²) in [7, 11) is 0. The molecule has 0 atom stereocenters. The van der Waals surface area contributed by atoms with Gasteiger partial charge in [0.2, 0.25) is 0 Å². The Morgan fingerprint density at radius 1 is 1.12 bits per heavy atom. The molecule has 1 saturated carbocycles. The van der Waals surface area contributed by atoms with Crippen LogP contribution in [0.3, 0.4) is 0 Å². The van der Waals surface area contributed by atoms with Crippen LogP contribution in [0.4, 0.5) is 0 Å². The minimum absolute atomic E-state index is 0.0198. The van der Waals surface area contributed by atoms with Crippen molar-refractivity contribution in [2.75, 3.05) is 13.2 Å². The first-order valence-electron chi connectivity index (χ1n) is 8.85. The molecular weight excluding hydrogens is 302 g/mol. The van der Waals surface area contributed by atoms with Gasteiger partial charge in [-0.1, -0.05) is 37.3 Å². The SMILES string of the molecule is CCONCCCC=C1C(=O)CC(c2ccc(CC)cc2)CC1=O. The van der Waals surface area contributed by atoms with Crippen molar-refractivity contribution in [1.29, 1.82) is 0 Å². The van der Waals surface area contributed by atoms with E-state index in [-0.39, 0.29) is 17.5 Å². The molecule has 0 radical (unpaired) electrons. The van der Waals surface area contributed by atoms with Gasteiger partial charge in [-0.15, -0.1) is 0 Å². The van der Waals surface area contributed by atoms with Crippen molar-refractivity contribution < 1.29 is 14.4 Å². The Morgan fingerprint density at radius 2 is 1.79 bits per heavy atom. The molecule has 24 heavy (non-hydrogen) atoms. The molecule has 4 nitrogen and oxygen atoms in total. The molecule has 1 aromatic rings. The summed E-state index contributed by atoms with van der Waals surface area (Å²) in [6, 6.07) is 8.28. The van der Waals surface area contributed by atoms with Gasteiger partial charge in [0.25, 0.3) is 0 Å². The third kappa shape index (κ3) is 5.11. The second-order valence-electron chi connectivity index (χ2n) is 6.13. The Bertz CT molecular complexity index is 569. The molecule has 0 spiro atoms. The lowest BCUT2D eigenvalue weighted by Crippen LogP contribution is -2.25. The molecule has 0 bridgehead atoms. The summed E-state index contributed by atoms with van der Waals surface area (Å²) in [5, 5.41) is 0. The van der Waals surface area contributed by atoms with Crippen molar-refractivity contribution >= 4 is 11.6 Å². The third-order valence-electron chi connectivity index (χ3n) is 4.40. The number of benzene rings is 1. The molecule has 0 aliphatic heterocycles. The van der Waals surface area contributed by atoms with Crippen LogP contribution in [-0.2, 0) is 20.8 Å². The molecule has 1 aliphatic rings. The number of nitrogens with one attached hydrogen (secondary N) is 1. The second kappa shape index (κ2) is 9.50. The largest absolute Gasteiger partial charge is 0.302 e. The Labute approximate surface area is 144 Å². The van der Waals surface area contributed by atoms with Gasteiger partial charge in [0.1, 0.15) is 0 Å². The van der Waals surface area contributed by atoms with Gasteiger partial charge in [-0.25, -0.2) is 5.48 Å². The van der Waals surface area contributed by atoms with Crippen LogP contribution in [0, 0.1) is 0 Å². The summed E-state index contributed by atoms with van der Waals surface area (Å²) in [6.07, 6.45) is 5.21. The highest BCUT2D eigenvalue weighted by Crippen LogP contribution is 2.31. The number of hydrogen-bond acceptors (Lipinski definition) is 4. The predicted octanol–water partition coefficient (Wildman–Crippen LogP) is 3.51. The van der Waals surface area contributed by atoms with Crippen LogP contribution in [0.25, 0.3) is 0 Å². The zero-order valence-corrected chi connectivity index (χ0v) is 14.6. The van der Waals surface area contributed by atoms with E-state index in [4.69, 9.17) is 4.84 Å². The average molecular weight is 329 g/mol. The van der Waals surface area contributed by atoms with Crippen molar-refractivity contribution in [3.63, 3.8) is 0 Å². The molecule has 1 fully saturated rings. The van der Waals surface area contributed by atoms with Crippen LogP contribution in [0.15, 0.2) is 35.9 Å². The first-order chi connectivity index (χ1) is 11.7. The van der Waals surface area contributed by atoms with Gasteiger partial charge in [0, 0.05) is 19.4 Å². The fourth-order valence-corrected chi connectivity index (χ4v) is 2.98. The van der Waals surface area contributed by atoms with E-state index in [1.54, 1.807) is 6.08 Å². The number of rotatable bonds is 8. The molecular formula is C20H27NO3. The fourth-order valence-electron chi connectivity index (χ4n) is 2.98. The summed E-state index contributed by atoms with van der Waals surface area (Å²) in [5.41, 5.74) is 5.59. The van der Waals surface area contributed by atoms with E-state index in [9.17, 15) is 9.59 Å². The van der Waals surface area contributed by atoms with E-state index >= 15 is 0 Å². The van der Waals surface area contributed by atoms with Gasteiger partial charge < -0.3 is 4.84 Å². The van der Waals surface area contributed by atoms with Crippen LogP contribution in [-0.4, -0.2) is 24.7 Å². The van der Waals surface area contributed by atoms with Crippen molar-refractivity contribution in [3.05, 3.63) is 47.0 Å². The molecule has 1 N–H and O–H groups in total. The zero-order valence-electron chi connectivity index (χ0n) is 14.6. The standard InChI is InChI=1S/C20H27NO3/c1-3-15-8-10-16(11-9-15)17-13-19(22)18(20(23)14-17)7-5-6-12-21-24-4-2/h7-11,17,21H,3-6,12-14H2,1-2H3. The topological polar surface area (TPSA) is 55.4 Å².